The van der Waals surface area contributed by atoms with Crippen LogP contribution in [0.3, 0.4) is 0 Å². The molecule has 0 unspecified atom stereocenters. The number of nitrogens with one attached hydrogen (secondary N) is 1. The summed E-state index contributed by atoms with van der Waals surface area (Å²) in [5, 5.41) is 7.39. The molecule has 104 valence electrons. The first kappa shape index (κ1) is 13.3. The zero-order valence-corrected chi connectivity index (χ0v) is 12.2. The highest BCUT2D eigenvalue weighted by atomic mass is 32.1. The van der Waals surface area contributed by atoms with Crippen LogP contribution in [0.2, 0.25) is 0 Å². The maximum absolute atomic E-state index is 12.4. The van der Waals surface area contributed by atoms with Crippen LogP contribution in [0.15, 0.2) is 41.1 Å². The van der Waals surface area contributed by atoms with Crippen LogP contribution in [-0.2, 0) is 17.8 Å². The molecule has 4 heteroatoms. The Morgan fingerprint density at radius 2 is 2.20 bits per heavy atom. The molecule has 20 heavy (non-hydrogen) atoms. The second-order valence-electron chi connectivity index (χ2n) is 5.01. The number of benzene rings is 1. The maximum Gasteiger partial charge on any atom is 0.240 e. The van der Waals surface area contributed by atoms with Gasteiger partial charge in [-0.05, 0) is 46.9 Å². The fraction of sp³-hybridized carbons (Fsp3) is 0.312. The van der Waals surface area contributed by atoms with Crippen molar-refractivity contribution >= 4 is 22.9 Å². The minimum Gasteiger partial charge on any atom is -0.311 e. The summed E-state index contributed by atoms with van der Waals surface area (Å²) in [7, 11) is 0. The van der Waals surface area contributed by atoms with Crippen LogP contribution in [0, 0.1) is 0 Å². The van der Waals surface area contributed by atoms with E-state index in [0.717, 1.165) is 31.6 Å². The molecule has 0 saturated heterocycles. The Labute approximate surface area is 123 Å². The topological polar surface area (TPSA) is 32.3 Å². The van der Waals surface area contributed by atoms with E-state index >= 15 is 0 Å². The van der Waals surface area contributed by atoms with Gasteiger partial charge in [0, 0.05) is 18.8 Å². The van der Waals surface area contributed by atoms with Crippen molar-refractivity contribution in [1.82, 2.24) is 5.32 Å². The van der Waals surface area contributed by atoms with Crippen LogP contribution in [0.4, 0.5) is 5.69 Å². The van der Waals surface area contributed by atoms with E-state index in [4.69, 9.17) is 0 Å². The summed E-state index contributed by atoms with van der Waals surface area (Å²) in [6, 6.07) is 10.3. The fourth-order valence-electron chi connectivity index (χ4n) is 2.60. The highest BCUT2D eigenvalue weighted by Crippen LogP contribution is 2.26. The predicted molar refractivity (Wildman–Crippen MR) is 83.1 cm³/mol. The number of hydrogen-bond donors (Lipinski definition) is 1. The van der Waals surface area contributed by atoms with E-state index in [-0.39, 0.29) is 5.91 Å². The first-order chi connectivity index (χ1) is 9.84. The van der Waals surface area contributed by atoms with E-state index in [1.807, 2.05) is 23.1 Å². The molecule has 1 aliphatic heterocycles. The number of amides is 1. The van der Waals surface area contributed by atoms with Gasteiger partial charge in [-0.15, -0.1) is 0 Å². The summed E-state index contributed by atoms with van der Waals surface area (Å²) in [5.74, 6) is 0.160. The SMILES string of the molecule is O=C(CNCc1ccsc1)N1CCCc2ccccc21. The van der Waals surface area contributed by atoms with E-state index in [0.29, 0.717) is 6.54 Å². The average Bonchev–Trinajstić information content (AvgIpc) is 3.00. The van der Waals surface area contributed by atoms with Gasteiger partial charge in [-0.3, -0.25) is 4.79 Å². The minimum atomic E-state index is 0.160. The molecular weight excluding hydrogens is 268 g/mol. The predicted octanol–water partition coefficient (Wildman–Crippen LogP) is 2.82. The molecule has 0 radical (unpaired) electrons. The van der Waals surface area contributed by atoms with Crippen LogP contribution < -0.4 is 10.2 Å². The average molecular weight is 286 g/mol. The van der Waals surface area contributed by atoms with Crippen LogP contribution in [0.25, 0.3) is 0 Å². The number of aryl methyl sites for hydroxylation is 1. The molecule has 0 atom stereocenters. The van der Waals surface area contributed by atoms with Crippen molar-refractivity contribution in [3.8, 4) is 0 Å². The van der Waals surface area contributed by atoms with Crippen molar-refractivity contribution in [1.29, 1.82) is 0 Å². The number of anilines is 1. The standard InChI is InChI=1S/C16H18N2OS/c19-16(11-17-10-13-7-9-20-12-13)18-8-3-5-14-4-1-2-6-15(14)18/h1-2,4,6-7,9,12,17H,3,5,8,10-11H2. The van der Waals surface area contributed by atoms with Crippen LogP contribution >= 0.6 is 11.3 Å². The molecule has 1 N–H and O–H groups in total. The Kier molecular flexibility index (Phi) is 4.14. The number of hydrogen-bond acceptors (Lipinski definition) is 3. The van der Waals surface area contributed by atoms with Crippen LogP contribution in [0.1, 0.15) is 17.5 Å². The fourth-order valence-corrected chi connectivity index (χ4v) is 3.26. The van der Waals surface area contributed by atoms with Gasteiger partial charge in [-0.1, -0.05) is 18.2 Å². The van der Waals surface area contributed by atoms with Gasteiger partial charge in [-0.25, -0.2) is 0 Å². The third-order valence-corrected chi connectivity index (χ3v) is 4.33. The van der Waals surface area contributed by atoms with E-state index in [1.54, 1.807) is 11.3 Å². The lowest BCUT2D eigenvalue weighted by atomic mass is 10.0. The van der Waals surface area contributed by atoms with Crippen molar-refractivity contribution in [2.75, 3.05) is 18.0 Å². The Bertz CT molecular complexity index is 580. The Morgan fingerprint density at radius 3 is 3.05 bits per heavy atom. The van der Waals surface area contributed by atoms with Crippen molar-refractivity contribution < 1.29 is 4.79 Å². The van der Waals surface area contributed by atoms with E-state index in [1.165, 1.54) is 11.1 Å². The number of carbonyl (C=O) groups is 1. The molecule has 3 nitrogen and oxygen atoms in total. The Balaban J connectivity index is 1.60. The Morgan fingerprint density at radius 1 is 1.30 bits per heavy atom. The van der Waals surface area contributed by atoms with E-state index < -0.39 is 0 Å². The lowest BCUT2D eigenvalue weighted by molar-refractivity contribution is -0.117. The van der Waals surface area contributed by atoms with Gasteiger partial charge in [-0.2, -0.15) is 11.3 Å². The number of carbonyl (C=O) groups excluding carboxylic acids is 1. The second-order valence-corrected chi connectivity index (χ2v) is 5.79. The molecule has 1 amide bonds. The zero-order chi connectivity index (χ0) is 13.8. The summed E-state index contributed by atoms with van der Waals surface area (Å²) in [6.07, 6.45) is 2.12. The summed E-state index contributed by atoms with van der Waals surface area (Å²) >= 11 is 1.68. The number of nitrogens with zero attached hydrogens (tertiary/aromatic N) is 1. The first-order valence-corrected chi connectivity index (χ1v) is 7.89. The van der Waals surface area contributed by atoms with Gasteiger partial charge >= 0.3 is 0 Å². The molecular formula is C16H18N2OS. The molecule has 0 aliphatic carbocycles. The van der Waals surface area contributed by atoms with Crippen molar-refractivity contribution in [2.45, 2.75) is 19.4 Å². The Hall–Kier alpha value is -1.65. The van der Waals surface area contributed by atoms with Gasteiger partial charge in [0.1, 0.15) is 0 Å². The number of para-hydroxylation sites is 1. The van der Waals surface area contributed by atoms with Crippen molar-refractivity contribution in [3.63, 3.8) is 0 Å². The number of thiophene rings is 1. The number of rotatable bonds is 4. The van der Waals surface area contributed by atoms with Gasteiger partial charge in [0.15, 0.2) is 0 Å². The highest BCUT2D eigenvalue weighted by Gasteiger charge is 2.21. The monoisotopic (exact) mass is 286 g/mol. The molecule has 1 aliphatic rings. The minimum absolute atomic E-state index is 0.160. The third kappa shape index (κ3) is 2.92. The van der Waals surface area contributed by atoms with Gasteiger partial charge < -0.3 is 10.2 Å². The van der Waals surface area contributed by atoms with Crippen molar-refractivity contribution in [2.24, 2.45) is 0 Å². The molecule has 0 fully saturated rings. The van der Waals surface area contributed by atoms with Crippen LogP contribution in [0.5, 0.6) is 0 Å². The lowest BCUT2D eigenvalue weighted by Crippen LogP contribution is -2.41. The lowest BCUT2D eigenvalue weighted by Gasteiger charge is -2.29. The largest absolute Gasteiger partial charge is 0.311 e. The smallest absolute Gasteiger partial charge is 0.240 e. The van der Waals surface area contributed by atoms with E-state index in [9.17, 15) is 4.79 Å². The van der Waals surface area contributed by atoms with E-state index in [2.05, 4.69) is 28.2 Å². The molecule has 0 bridgehead atoms. The summed E-state index contributed by atoms with van der Waals surface area (Å²) in [5.41, 5.74) is 3.60. The maximum atomic E-state index is 12.4. The zero-order valence-electron chi connectivity index (χ0n) is 11.3. The molecule has 1 aromatic carbocycles. The molecule has 2 heterocycles. The normalized spacial score (nSPS) is 14.1. The van der Waals surface area contributed by atoms with Gasteiger partial charge in [0.05, 0.1) is 6.54 Å². The molecule has 0 spiro atoms. The molecule has 1 aromatic heterocycles. The number of fused-ring (bicyclic) bond motifs is 1. The highest BCUT2D eigenvalue weighted by molar-refractivity contribution is 7.07. The van der Waals surface area contributed by atoms with Crippen LogP contribution in [-0.4, -0.2) is 19.0 Å². The molecule has 2 aromatic rings. The third-order valence-electron chi connectivity index (χ3n) is 3.60. The molecule has 0 saturated carbocycles. The summed E-state index contributed by atoms with van der Waals surface area (Å²) < 4.78 is 0. The first-order valence-electron chi connectivity index (χ1n) is 6.94. The quantitative estimate of drug-likeness (QED) is 0.937. The van der Waals surface area contributed by atoms with Crippen molar-refractivity contribution in [3.05, 3.63) is 52.2 Å². The second kappa shape index (κ2) is 6.20. The molecule has 3 rings (SSSR count). The summed E-state index contributed by atoms with van der Waals surface area (Å²) in [6.45, 7) is 1.98. The van der Waals surface area contributed by atoms with Gasteiger partial charge in [0.25, 0.3) is 0 Å². The summed E-state index contributed by atoms with van der Waals surface area (Å²) in [4.78, 5) is 14.3. The van der Waals surface area contributed by atoms with Gasteiger partial charge in [0.2, 0.25) is 5.91 Å².